The van der Waals surface area contributed by atoms with Gasteiger partial charge in [0, 0.05) is 44.4 Å². The molecule has 0 amide bonds. The van der Waals surface area contributed by atoms with Crippen LogP contribution in [0.1, 0.15) is 25.1 Å². The molecule has 1 aromatic rings. The first kappa shape index (κ1) is 12.6. The fourth-order valence-electron chi connectivity index (χ4n) is 2.72. The molecule has 0 aromatic carbocycles. The Kier molecular flexibility index (Phi) is 4.18. The van der Waals surface area contributed by atoms with E-state index in [9.17, 15) is 0 Å². The van der Waals surface area contributed by atoms with Crippen LogP contribution < -0.4 is 5.32 Å². The molecule has 1 aromatic heterocycles. The third kappa shape index (κ3) is 3.07. The summed E-state index contributed by atoms with van der Waals surface area (Å²) >= 11 is 0. The average molecular weight is 237 g/mol. The van der Waals surface area contributed by atoms with E-state index in [4.69, 9.17) is 4.74 Å². The largest absolute Gasteiger partial charge is 0.381 e. The van der Waals surface area contributed by atoms with Crippen molar-refractivity contribution in [2.24, 2.45) is 12.5 Å². The van der Waals surface area contributed by atoms with Crippen molar-refractivity contribution in [1.29, 1.82) is 0 Å². The Bertz CT molecular complexity index is 337. The number of hydrogen-bond donors (Lipinski definition) is 1. The first-order valence-corrected chi connectivity index (χ1v) is 6.44. The van der Waals surface area contributed by atoms with E-state index in [1.165, 1.54) is 18.7 Å². The quantitative estimate of drug-likeness (QED) is 0.840. The number of imidazole rings is 1. The van der Waals surface area contributed by atoms with Crippen LogP contribution >= 0.6 is 0 Å². The molecule has 0 aliphatic carbocycles. The van der Waals surface area contributed by atoms with E-state index in [1.807, 2.05) is 19.4 Å². The summed E-state index contributed by atoms with van der Waals surface area (Å²) in [5.74, 6) is 1.17. The Balaban J connectivity index is 1.95. The van der Waals surface area contributed by atoms with Crippen LogP contribution in [0.25, 0.3) is 0 Å². The standard InChI is InChI=1S/C13H23N3O/c1-14-10-13(5-3-9-17-11-13)6-4-12-15-7-8-16(12)2/h7-8,14H,3-6,9-11H2,1-2H3. The fourth-order valence-corrected chi connectivity index (χ4v) is 2.72. The fraction of sp³-hybridized carbons (Fsp3) is 0.769. The molecule has 2 rings (SSSR count). The Labute approximate surface area is 103 Å². The van der Waals surface area contributed by atoms with Gasteiger partial charge in [-0.15, -0.1) is 0 Å². The molecule has 1 saturated heterocycles. The van der Waals surface area contributed by atoms with Gasteiger partial charge in [-0.3, -0.25) is 0 Å². The lowest BCUT2D eigenvalue weighted by atomic mass is 9.78. The lowest BCUT2D eigenvalue weighted by Crippen LogP contribution is -2.40. The first-order valence-electron chi connectivity index (χ1n) is 6.44. The molecule has 1 fully saturated rings. The lowest BCUT2D eigenvalue weighted by molar-refractivity contribution is -0.0112. The van der Waals surface area contributed by atoms with Crippen LogP contribution in [0, 0.1) is 5.41 Å². The van der Waals surface area contributed by atoms with Gasteiger partial charge < -0.3 is 14.6 Å². The monoisotopic (exact) mass is 237 g/mol. The predicted molar refractivity (Wildman–Crippen MR) is 67.9 cm³/mol. The SMILES string of the molecule is CNCC1(CCc2nccn2C)CCCOC1. The van der Waals surface area contributed by atoms with E-state index in [1.54, 1.807) is 0 Å². The Morgan fingerprint density at radius 1 is 1.59 bits per heavy atom. The van der Waals surface area contributed by atoms with E-state index in [-0.39, 0.29) is 0 Å². The molecule has 0 bridgehead atoms. The van der Waals surface area contributed by atoms with Crippen molar-refractivity contribution < 1.29 is 4.74 Å². The van der Waals surface area contributed by atoms with E-state index >= 15 is 0 Å². The maximum Gasteiger partial charge on any atom is 0.108 e. The minimum atomic E-state index is 0.305. The smallest absolute Gasteiger partial charge is 0.108 e. The third-order valence-electron chi connectivity index (χ3n) is 3.76. The number of ether oxygens (including phenoxy) is 1. The third-order valence-corrected chi connectivity index (χ3v) is 3.76. The van der Waals surface area contributed by atoms with Gasteiger partial charge in [0.05, 0.1) is 6.61 Å². The lowest BCUT2D eigenvalue weighted by Gasteiger charge is -2.37. The molecular weight excluding hydrogens is 214 g/mol. The van der Waals surface area contributed by atoms with Gasteiger partial charge in [-0.1, -0.05) is 0 Å². The van der Waals surface area contributed by atoms with Crippen molar-refractivity contribution in [2.75, 3.05) is 26.8 Å². The van der Waals surface area contributed by atoms with Crippen molar-refractivity contribution in [3.05, 3.63) is 18.2 Å². The first-order chi connectivity index (χ1) is 8.26. The van der Waals surface area contributed by atoms with Gasteiger partial charge in [-0.25, -0.2) is 4.98 Å². The molecule has 0 radical (unpaired) electrons. The summed E-state index contributed by atoms with van der Waals surface area (Å²) in [4.78, 5) is 4.39. The van der Waals surface area contributed by atoms with E-state index in [0.717, 1.165) is 32.6 Å². The van der Waals surface area contributed by atoms with Gasteiger partial charge in [0.1, 0.15) is 5.82 Å². The van der Waals surface area contributed by atoms with Crippen molar-refractivity contribution in [3.63, 3.8) is 0 Å². The number of aryl methyl sites for hydroxylation is 2. The van der Waals surface area contributed by atoms with Crippen LogP contribution in [0.4, 0.5) is 0 Å². The van der Waals surface area contributed by atoms with E-state index in [0.29, 0.717) is 5.41 Å². The Morgan fingerprint density at radius 3 is 3.06 bits per heavy atom. The van der Waals surface area contributed by atoms with E-state index in [2.05, 4.69) is 21.9 Å². The summed E-state index contributed by atoms with van der Waals surface area (Å²) in [7, 11) is 4.08. The molecule has 4 nitrogen and oxygen atoms in total. The minimum Gasteiger partial charge on any atom is -0.381 e. The number of rotatable bonds is 5. The molecule has 1 atom stereocenters. The van der Waals surface area contributed by atoms with Crippen LogP contribution in [0.15, 0.2) is 12.4 Å². The molecule has 0 spiro atoms. The van der Waals surface area contributed by atoms with Crippen molar-refractivity contribution in [3.8, 4) is 0 Å². The predicted octanol–water partition coefficient (Wildman–Crippen LogP) is 1.37. The zero-order valence-electron chi connectivity index (χ0n) is 10.9. The van der Waals surface area contributed by atoms with Gasteiger partial charge in [-0.2, -0.15) is 0 Å². The van der Waals surface area contributed by atoms with Crippen LogP contribution in [0.2, 0.25) is 0 Å². The minimum absolute atomic E-state index is 0.305. The highest BCUT2D eigenvalue weighted by molar-refractivity contribution is 4.94. The highest BCUT2D eigenvalue weighted by Gasteiger charge is 2.32. The number of hydrogen-bond acceptors (Lipinski definition) is 3. The van der Waals surface area contributed by atoms with Gasteiger partial charge in [0.15, 0.2) is 0 Å². The van der Waals surface area contributed by atoms with Crippen molar-refractivity contribution in [1.82, 2.24) is 14.9 Å². The summed E-state index contributed by atoms with van der Waals surface area (Å²) in [5, 5.41) is 3.32. The highest BCUT2D eigenvalue weighted by Crippen LogP contribution is 2.32. The molecule has 1 N–H and O–H groups in total. The summed E-state index contributed by atoms with van der Waals surface area (Å²) in [6.07, 6.45) is 8.52. The van der Waals surface area contributed by atoms with Crippen molar-refractivity contribution >= 4 is 0 Å². The van der Waals surface area contributed by atoms with Gasteiger partial charge in [-0.05, 0) is 26.3 Å². The second-order valence-electron chi connectivity index (χ2n) is 5.14. The van der Waals surface area contributed by atoms with E-state index < -0.39 is 0 Å². The molecule has 0 saturated carbocycles. The highest BCUT2D eigenvalue weighted by atomic mass is 16.5. The average Bonchev–Trinajstić information content (AvgIpc) is 2.74. The molecule has 1 aliphatic rings. The zero-order chi connectivity index (χ0) is 12.1. The zero-order valence-corrected chi connectivity index (χ0v) is 10.9. The molecular formula is C13H23N3O. The molecule has 17 heavy (non-hydrogen) atoms. The number of nitrogens with one attached hydrogen (secondary N) is 1. The topological polar surface area (TPSA) is 39.1 Å². The summed E-state index contributed by atoms with van der Waals surface area (Å²) in [5.41, 5.74) is 0.305. The molecule has 4 heteroatoms. The summed E-state index contributed by atoms with van der Waals surface area (Å²) in [6, 6.07) is 0. The Morgan fingerprint density at radius 2 is 2.47 bits per heavy atom. The van der Waals surface area contributed by atoms with Gasteiger partial charge >= 0.3 is 0 Å². The second kappa shape index (κ2) is 5.65. The van der Waals surface area contributed by atoms with Gasteiger partial charge in [0.2, 0.25) is 0 Å². The number of nitrogens with zero attached hydrogens (tertiary/aromatic N) is 2. The van der Waals surface area contributed by atoms with Crippen LogP contribution in [-0.2, 0) is 18.2 Å². The molecule has 2 heterocycles. The Hall–Kier alpha value is -0.870. The molecule has 96 valence electrons. The van der Waals surface area contributed by atoms with Crippen LogP contribution in [0.3, 0.4) is 0 Å². The summed E-state index contributed by atoms with van der Waals surface area (Å²) in [6.45, 7) is 2.85. The van der Waals surface area contributed by atoms with Gasteiger partial charge in [0.25, 0.3) is 0 Å². The molecule has 1 unspecified atom stereocenters. The van der Waals surface area contributed by atoms with Crippen molar-refractivity contribution in [2.45, 2.75) is 25.7 Å². The second-order valence-corrected chi connectivity index (χ2v) is 5.14. The normalized spacial score (nSPS) is 25.1. The number of aromatic nitrogens is 2. The maximum absolute atomic E-state index is 5.67. The maximum atomic E-state index is 5.67. The summed E-state index contributed by atoms with van der Waals surface area (Å²) < 4.78 is 7.78. The molecule has 1 aliphatic heterocycles. The van der Waals surface area contributed by atoms with Crippen LogP contribution in [0.5, 0.6) is 0 Å². The van der Waals surface area contributed by atoms with Crippen LogP contribution in [-0.4, -0.2) is 36.4 Å².